The summed E-state index contributed by atoms with van der Waals surface area (Å²) in [6, 6.07) is 16.7. The van der Waals surface area contributed by atoms with Gasteiger partial charge in [0, 0.05) is 10.0 Å². The Bertz CT molecular complexity index is 946. The van der Waals surface area contributed by atoms with E-state index in [0.717, 1.165) is 10.0 Å². The van der Waals surface area contributed by atoms with Crippen LogP contribution < -0.4 is 5.32 Å². The largest absolute Gasteiger partial charge is 0.319 e. The third kappa shape index (κ3) is 4.06. The van der Waals surface area contributed by atoms with Gasteiger partial charge in [-0.2, -0.15) is 4.98 Å². The Morgan fingerprint density at radius 1 is 1.12 bits per heavy atom. The molecule has 120 valence electrons. The van der Waals surface area contributed by atoms with E-state index >= 15 is 0 Å². The molecule has 0 atom stereocenters. The van der Waals surface area contributed by atoms with Crippen molar-refractivity contribution in [3.05, 3.63) is 80.8 Å². The number of amides is 1. The predicted molar refractivity (Wildman–Crippen MR) is 99.7 cm³/mol. The molecule has 2 aromatic carbocycles. The molecule has 0 saturated carbocycles. The fourth-order valence-corrected chi connectivity index (χ4v) is 2.67. The van der Waals surface area contributed by atoms with Crippen LogP contribution in [0.1, 0.15) is 21.7 Å². The van der Waals surface area contributed by atoms with Crippen molar-refractivity contribution in [2.45, 2.75) is 0 Å². The molecule has 7 heteroatoms. The maximum atomic E-state index is 12.5. The quantitative estimate of drug-likeness (QED) is 0.575. The Morgan fingerprint density at radius 3 is 2.58 bits per heavy atom. The Morgan fingerprint density at radius 2 is 1.92 bits per heavy atom. The number of halogens is 1. The Hall–Kier alpha value is -2.51. The number of aromatic nitrogens is 3. The van der Waals surface area contributed by atoms with Gasteiger partial charge in [-0.25, -0.2) is 0 Å². The summed E-state index contributed by atoms with van der Waals surface area (Å²) in [5.74, 6) is 0.239. The number of hydrogen-bond acceptors (Lipinski definition) is 3. The highest BCUT2D eigenvalue weighted by Gasteiger charge is 2.11. The third-order valence-corrected chi connectivity index (χ3v) is 3.89. The van der Waals surface area contributed by atoms with Gasteiger partial charge in [0.1, 0.15) is 0 Å². The Kier molecular flexibility index (Phi) is 5.02. The molecule has 24 heavy (non-hydrogen) atoms. The van der Waals surface area contributed by atoms with Gasteiger partial charge in [-0.1, -0.05) is 46.3 Å². The standard InChI is InChI=1S/C17H13BrN4OS/c18-13-8-4-5-11(9-13)10-14(15-20-17(24)22-21-15)19-16(23)12-6-2-1-3-7-12/h1-10H,(H,19,23)(H2,20,21,22,24)/b14-10+. The highest BCUT2D eigenvalue weighted by Crippen LogP contribution is 2.17. The lowest BCUT2D eigenvalue weighted by Crippen LogP contribution is -2.22. The van der Waals surface area contributed by atoms with Crippen molar-refractivity contribution in [2.24, 2.45) is 0 Å². The third-order valence-electron chi connectivity index (χ3n) is 3.20. The molecule has 3 N–H and O–H groups in total. The van der Waals surface area contributed by atoms with Gasteiger partial charge in [0.15, 0.2) is 5.82 Å². The van der Waals surface area contributed by atoms with Gasteiger partial charge in [0.05, 0.1) is 5.70 Å². The molecule has 0 fully saturated rings. The van der Waals surface area contributed by atoms with Crippen molar-refractivity contribution in [2.75, 3.05) is 0 Å². The lowest BCUT2D eigenvalue weighted by molar-refractivity contribution is 0.0973. The number of hydrogen-bond donors (Lipinski definition) is 3. The van der Waals surface area contributed by atoms with E-state index in [2.05, 4.69) is 36.4 Å². The smallest absolute Gasteiger partial charge is 0.255 e. The topological polar surface area (TPSA) is 73.6 Å². The number of aromatic amines is 2. The minimum Gasteiger partial charge on any atom is -0.319 e. The lowest BCUT2D eigenvalue weighted by atomic mass is 10.1. The van der Waals surface area contributed by atoms with E-state index in [1.807, 2.05) is 48.5 Å². The highest BCUT2D eigenvalue weighted by atomic mass is 79.9. The minimum absolute atomic E-state index is 0.223. The van der Waals surface area contributed by atoms with Crippen LogP contribution in [0.15, 0.2) is 59.1 Å². The SMILES string of the molecule is O=C(N/C(=C/c1cccc(Br)c1)c1nc(=S)[nH][nH]1)c1ccccc1. The molecular weight excluding hydrogens is 388 g/mol. The molecule has 1 aromatic heterocycles. The fraction of sp³-hybridized carbons (Fsp3) is 0. The Labute approximate surface area is 152 Å². The fourth-order valence-electron chi connectivity index (χ4n) is 2.11. The van der Waals surface area contributed by atoms with Crippen LogP contribution in [0.2, 0.25) is 0 Å². The second-order valence-corrected chi connectivity index (χ2v) is 6.25. The van der Waals surface area contributed by atoms with Crippen molar-refractivity contribution in [3.8, 4) is 0 Å². The van der Waals surface area contributed by atoms with Gasteiger partial charge >= 0.3 is 0 Å². The number of H-pyrrole nitrogens is 2. The highest BCUT2D eigenvalue weighted by molar-refractivity contribution is 9.10. The summed E-state index contributed by atoms with van der Waals surface area (Å²) in [4.78, 5) is 16.6. The van der Waals surface area contributed by atoms with Crippen molar-refractivity contribution in [1.29, 1.82) is 0 Å². The molecule has 0 unspecified atom stereocenters. The van der Waals surface area contributed by atoms with Crippen molar-refractivity contribution >= 4 is 45.8 Å². The zero-order chi connectivity index (χ0) is 16.9. The molecule has 0 saturated heterocycles. The van der Waals surface area contributed by atoms with Gasteiger partial charge in [-0.15, -0.1) is 0 Å². The average Bonchev–Trinajstić information content (AvgIpc) is 3.01. The molecule has 0 aliphatic heterocycles. The predicted octanol–water partition coefficient (Wildman–Crippen LogP) is 4.16. The second-order valence-electron chi connectivity index (χ2n) is 4.95. The van der Waals surface area contributed by atoms with E-state index < -0.39 is 0 Å². The number of nitrogens with zero attached hydrogens (tertiary/aromatic N) is 1. The van der Waals surface area contributed by atoms with Crippen molar-refractivity contribution in [3.63, 3.8) is 0 Å². The van der Waals surface area contributed by atoms with E-state index in [4.69, 9.17) is 12.2 Å². The minimum atomic E-state index is -0.223. The molecule has 5 nitrogen and oxygen atoms in total. The van der Waals surface area contributed by atoms with E-state index in [0.29, 0.717) is 21.9 Å². The van der Waals surface area contributed by atoms with Crippen LogP contribution in [-0.2, 0) is 0 Å². The van der Waals surface area contributed by atoms with E-state index in [9.17, 15) is 4.79 Å². The molecule has 0 bridgehead atoms. The summed E-state index contributed by atoms with van der Waals surface area (Å²) in [5, 5.41) is 8.48. The van der Waals surface area contributed by atoms with Gasteiger partial charge < -0.3 is 5.32 Å². The maximum Gasteiger partial charge on any atom is 0.255 e. The number of nitrogens with one attached hydrogen (secondary N) is 3. The van der Waals surface area contributed by atoms with E-state index in [1.54, 1.807) is 12.1 Å². The van der Waals surface area contributed by atoms with Gasteiger partial charge in [-0.3, -0.25) is 15.0 Å². The first-order valence-corrected chi connectivity index (χ1v) is 8.31. The van der Waals surface area contributed by atoms with E-state index in [1.165, 1.54) is 0 Å². The van der Waals surface area contributed by atoms with Crippen LogP contribution in [-0.4, -0.2) is 21.1 Å². The summed E-state index contributed by atoms with van der Waals surface area (Å²) in [6.07, 6.45) is 1.83. The summed E-state index contributed by atoms with van der Waals surface area (Å²) in [7, 11) is 0. The summed E-state index contributed by atoms with van der Waals surface area (Å²) in [5.41, 5.74) is 2.00. The van der Waals surface area contributed by atoms with Crippen LogP contribution in [0.3, 0.4) is 0 Å². The molecule has 0 spiro atoms. The monoisotopic (exact) mass is 400 g/mol. The van der Waals surface area contributed by atoms with E-state index in [-0.39, 0.29) is 5.91 Å². The van der Waals surface area contributed by atoms with Crippen LogP contribution in [0, 0.1) is 4.77 Å². The van der Waals surface area contributed by atoms with Crippen LogP contribution in [0.25, 0.3) is 11.8 Å². The summed E-state index contributed by atoms with van der Waals surface area (Å²) < 4.78 is 1.26. The zero-order valence-electron chi connectivity index (χ0n) is 12.4. The number of carbonyl (C=O) groups is 1. The first-order chi connectivity index (χ1) is 11.6. The lowest BCUT2D eigenvalue weighted by Gasteiger charge is -2.08. The molecule has 3 rings (SSSR count). The zero-order valence-corrected chi connectivity index (χ0v) is 14.8. The molecule has 0 aliphatic carbocycles. The van der Waals surface area contributed by atoms with Gasteiger partial charge in [-0.05, 0) is 48.1 Å². The van der Waals surface area contributed by atoms with Gasteiger partial charge in [0.2, 0.25) is 4.77 Å². The number of benzene rings is 2. The summed E-state index contributed by atoms with van der Waals surface area (Å²) in [6.45, 7) is 0. The summed E-state index contributed by atoms with van der Waals surface area (Å²) >= 11 is 8.44. The molecule has 0 aliphatic rings. The van der Waals surface area contributed by atoms with Crippen LogP contribution in [0.4, 0.5) is 0 Å². The molecule has 1 amide bonds. The molecule has 0 radical (unpaired) electrons. The van der Waals surface area contributed by atoms with Gasteiger partial charge in [0.25, 0.3) is 5.91 Å². The van der Waals surface area contributed by atoms with Crippen LogP contribution in [0.5, 0.6) is 0 Å². The average molecular weight is 401 g/mol. The second kappa shape index (κ2) is 7.37. The first-order valence-electron chi connectivity index (χ1n) is 7.10. The number of rotatable bonds is 4. The van der Waals surface area contributed by atoms with Crippen LogP contribution >= 0.6 is 28.1 Å². The molecule has 1 heterocycles. The normalized spacial score (nSPS) is 11.3. The Balaban J connectivity index is 1.96. The van der Waals surface area contributed by atoms with Crippen molar-refractivity contribution in [1.82, 2.24) is 20.5 Å². The maximum absolute atomic E-state index is 12.5. The first kappa shape index (κ1) is 16.4. The molecular formula is C17H13BrN4OS. The molecule has 3 aromatic rings. The number of carbonyl (C=O) groups excluding carboxylic acids is 1. The van der Waals surface area contributed by atoms with Crippen molar-refractivity contribution < 1.29 is 4.79 Å².